The fraction of sp³-hybridized carbons (Fsp3) is 0.391. The monoisotopic (exact) mass is 521 g/mol. The van der Waals surface area contributed by atoms with Crippen molar-refractivity contribution in [1.82, 2.24) is 10.2 Å². The van der Waals surface area contributed by atoms with Crippen molar-refractivity contribution in [3.63, 3.8) is 0 Å². The Balaban J connectivity index is 2.03. The Morgan fingerprint density at radius 3 is 2.22 bits per heavy atom. The maximum atomic E-state index is 13.1. The highest BCUT2D eigenvalue weighted by molar-refractivity contribution is 9.10. The standard InChI is InChI=1S/C23H28BrN3O4S/c1-16(2)12-25-23(29)17(3)26(13-18-4-8-20(24)9-5-18)22(28)15-32-14-19-6-10-21(11-7-19)27(30)31/h4-11,16-17H,12-15H2,1-3H3,(H,25,29)/t17-/m0/s1. The molecular formula is C23H28BrN3O4S. The second-order valence-electron chi connectivity index (χ2n) is 7.88. The Morgan fingerprint density at radius 1 is 1.06 bits per heavy atom. The van der Waals surface area contributed by atoms with E-state index >= 15 is 0 Å². The summed E-state index contributed by atoms with van der Waals surface area (Å²) in [5.41, 5.74) is 1.87. The summed E-state index contributed by atoms with van der Waals surface area (Å²) in [6, 6.07) is 13.4. The lowest BCUT2D eigenvalue weighted by Crippen LogP contribution is -2.48. The van der Waals surface area contributed by atoms with Crippen LogP contribution < -0.4 is 5.32 Å². The molecule has 0 aliphatic rings. The smallest absolute Gasteiger partial charge is 0.269 e. The van der Waals surface area contributed by atoms with E-state index in [0.29, 0.717) is 24.8 Å². The number of nitro groups is 1. The van der Waals surface area contributed by atoms with Crippen molar-refractivity contribution < 1.29 is 14.5 Å². The average Bonchev–Trinajstić information content (AvgIpc) is 2.76. The van der Waals surface area contributed by atoms with Crippen LogP contribution in [0.25, 0.3) is 0 Å². The fourth-order valence-corrected chi connectivity index (χ4v) is 4.01. The van der Waals surface area contributed by atoms with Gasteiger partial charge in [-0.05, 0) is 36.1 Å². The van der Waals surface area contributed by atoms with Crippen LogP contribution in [0.3, 0.4) is 0 Å². The van der Waals surface area contributed by atoms with E-state index in [1.54, 1.807) is 24.0 Å². The van der Waals surface area contributed by atoms with Gasteiger partial charge in [-0.3, -0.25) is 19.7 Å². The first-order valence-electron chi connectivity index (χ1n) is 10.3. The van der Waals surface area contributed by atoms with E-state index in [2.05, 4.69) is 21.2 Å². The summed E-state index contributed by atoms with van der Waals surface area (Å²) in [6.07, 6.45) is 0. The predicted octanol–water partition coefficient (Wildman–Crippen LogP) is 4.78. The van der Waals surface area contributed by atoms with Crippen LogP contribution in [0.4, 0.5) is 5.69 Å². The van der Waals surface area contributed by atoms with Gasteiger partial charge in [-0.1, -0.05) is 54.0 Å². The van der Waals surface area contributed by atoms with Crippen molar-refractivity contribution in [1.29, 1.82) is 0 Å². The van der Waals surface area contributed by atoms with Crippen LogP contribution in [0, 0.1) is 16.0 Å². The summed E-state index contributed by atoms with van der Waals surface area (Å²) < 4.78 is 0.945. The van der Waals surface area contributed by atoms with E-state index in [0.717, 1.165) is 15.6 Å². The molecule has 0 saturated carbocycles. The second-order valence-corrected chi connectivity index (χ2v) is 9.78. The maximum Gasteiger partial charge on any atom is 0.269 e. The molecule has 0 aliphatic carbocycles. The lowest BCUT2D eigenvalue weighted by atomic mass is 10.1. The number of benzene rings is 2. The topological polar surface area (TPSA) is 92.6 Å². The van der Waals surface area contributed by atoms with Gasteiger partial charge in [0.1, 0.15) is 6.04 Å². The lowest BCUT2D eigenvalue weighted by Gasteiger charge is -2.29. The number of hydrogen-bond donors (Lipinski definition) is 1. The van der Waals surface area contributed by atoms with E-state index in [-0.39, 0.29) is 23.3 Å². The summed E-state index contributed by atoms with van der Waals surface area (Å²) in [5, 5.41) is 13.7. The van der Waals surface area contributed by atoms with Crippen molar-refractivity contribution in [2.75, 3.05) is 12.3 Å². The summed E-state index contributed by atoms with van der Waals surface area (Å²) in [5.74, 6) is 0.759. The van der Waals surface area contributed by atoms with E-state index in [9.17, 15) is 19.7 Å². The van der Waals surface area contributed by atoms with Gasteiger partial charge < -0.3 is 10.2 Å². The Hall–Kier alpha value is -2.39. The van der Waals surface area contributed by atoms with Gasteiger partial charge in [-0.25, -0.2) is 0 Å². The number of carbonyl (C=O) groups excluding carboxylic acids is 2. The normalized spacial score (nSPS) is 11.8. The number of non-ortho nitro benzene ring substituents is 1. The number of amides is 2. The molecule has 2 rings (SSSR count). The van der Waals surface area contributed by atoms with Crippen LogP contribution in [0.15, 0.2) is 53.0 Å². The van der Waals surface area contributed by atoms with Gasteiger partial charge in [0.25, 0.3) is 5.69 Å². The lowest BCUT2D eigenvalue weighted by molar-refractivity contribution is -0.384. The molecule has 0 aliphatic heterocycles. The predicted molar refractivity (Wildman–Crippen MR) is 131 cm³/mol. The summed E-state index contributed by atoms with van der Waals surface area (Å²) in [7, 11) is 0. The van der Waals surface area contributed by atoms with Crippen molar-refractivity contribution in [3.05, 3.63) is 74.2 Å². The highest BCUT2D eigenvalue weighted by Crippen LogP contribution is 2.19. The quantitative estimate of drug-likeness (QED) is 0.339. The van der Waals surface area contributed by atoms with Gasteiger partial charge in [-0.15, -0.1) is 11.8 Å². The van der Waals surface area contributed by atoms with E-state index < -0.39 is 11.0 Å². The number of halogens is 1. The second kappa shape index (κ2) is 12.6. The van der Waals surface area contributed by atoms with Crippen LogP contribution >= 0.6 is 27.7 Å². The molecule has 0 spiro atoms. The minimum atomic E-state index is -0.607. The molecule has 2 aromatic carbocycles. The molecule has 0 bridgehead atoms. The number of nitro benzene ring substituents is 1. The molecule has 2 aromatic rings. The number of thioether (sulfide) groups is 1. The number of nitrogens with zero attached hydrogens (tertiary/aromatic N) is 2. The molecule has 1 atom stereocenters. The Morgan fingerprint density at radius 2 is 1.66 bits per heavy atom. The minimum Gasteiger partial charge on any atom is -0.354 e. The summed E-state index contributed by atoms with van der Waals surface area (Å²) in [4.78, 5) is 37.6. The number of carbonyl (C=O) groups is 2. The van der Waals surface area contributed by atoms with Crippen LogP contribution in [0.5, 0.6) is 0 Å². The third-order valence-corrected chi connectivity index (χ3v) is 6.28. The van der Waals surface area contributed by atoms with Gasteiger partial charge in [-0.2, -0.15) is 0 Å². The molecular weight excluding hydrogens is 494 g/mol. The van der Waals surface area contributed by atoms with Gasteiger partial charge in [0, 0.05) is 35.4 Å². The zero-order valence-corrected chi connectivity index (χ0v) is 20.8. The van der Waals surface area contributed by atoms with Crippen LogP contribution in [0.2, 0.25) is 0 Å². The van der Waals surface area contributed by atoms with Crippen molar-refractivity contribution in [2.24, 2.45) is 5.92 Å². The molecule has 0 aromatic heterocycles. The maximum absolute atomic E-state index is 13.1. The molecule has 0 unspecified atom stereocenters. The molecule has 0 fully saturated rings. The number of rotatable bonds is 11. The Bertz CT molecular complexity index is 920. The molecule has 0 saturated heterocycles. The first kappa shape index (κ1) is 25.9. The van der Waals surface area contributed by atoms with E-state index in [1.165, 1.54) is 23.9 Å². The van der Waals surface area contributed by atoms with E-state index in [4.69, 9.17) is 0 Å². The molecule has 7 nitrogen and oxygen atoms in total. The number of nitrogens with one attached hydrogen (secondary N) is 1. The molecule has 32 heavy (non-hydrogen) atoms. The Labute approximate surface area is 201 Å². The first-order valence-corrected chi connectivity index (χ1v) is 12.2. The molecule has 0 radical (unpaired) electrons. The molecule has 0 heterocycles. The zero-order valence-electron chi connectivity index (χ0n) is 18.4. The van der Waals surface area contributed by atoms with Crippen LogP contribution in [-0.2, 0) is 21.9 Å². The van der Waals surface area contributed by atoms with Gasteiger partial charge >= 0.3 is 0 Å². The third kappa shape index (κ3) is 8.27. The molecule has 172 valence electrons. The minimum absolute atomic E-state index is 0.0386. The molecule has 1 N–H and O–H groups in total. The van der Waals surface area contributed by atoms with Gasteiger partial charge in [0.05, 0.1) is 10.7 Å². The van der Waals surface area contributed by atoms with Gasteiger partial charge in [0.2, 0.25) is 11.8 Å². The van der Waals surface area contributed by atoms with Crippen molar-refractivity contribution in [2.45, 2.75) is 39.1 Å². The summed E-state index contributed by atoms with van der Waals surface area (Å²) >= 11 is 4.83. The van der Waals surface area contributed by atoms with Crippen molar-refractivity contribution in [3.8, 4) is 0 Å². The molecule has 9 heteroatoms. The first-order chi connectivity index (χ1) is 15.2. The highest BCUT2D eigenvalue weighted by Gasteiger charge is 2.26. The average molecular weight is 522 g/mol. The van der Waals surface area contributed by atoms with Crippen LogP contribution in [0.1, 0.15) is 31.9 Å². The zero-order chi connectivity index (χ0) is 23.7. The van der Waals surface area contributed by atoms with Crippen LogP contribution in [-0.4, -0.2) is 40.0 Å². The van der Waals surface area contributed by atoms with E-state index in [1.807, 2.05) is 38.1 Å². The SMILES string of the molecule is CC(C)CNC(=O)[C@H](C)N(Cc1ccc(Br)cc1)C(=O)CSCc1ccc([N+](=O)[O-])cc1. The van der Waals surface area contributed by atoms with Crippen molar-refractivity contribution >= 4 is 45.2 Å². The Kier molecular flexibility index (Phi) is 10.2. The fourth-order valence-electron chi connectivity index (χ4n) is 2.87. The van der Waals surface area contributed by atoms with Gasteiger partial charge in [0.15, 0.2) is 0 Å². The highest BCUT2D eigenvalue weighted by atomic mass is 79.9. The number of hydrogen-bond acceptors (Lipinski definition) is 5. The molecule has 2 amide bonds. The third-order valence-electron chi connectivity index (χ3n) is 4.76. The largest absolute Gasteiger partial charge is 0.354 e. The summed E-state index contributed by atoms with van der Waals surface area (Å²) in [6.45, 7) is 6.67.